The Hall–Kier alpha value is -3.28. The lowest BCUT2D eigenvalue weighted by atomic mass is 10.1. The van der Waals surface area contributed by atoms with E-state index in [-0.39, 0.29) is 5.75 Å². The van der Waals surface area contributed by atoms with E-state index in [4.69, 9.17) is 14.2 Å². The molecule has 0 atom stereocenters. The van der Waals surface area contributed by atoms with Gasteiger partial charge in [-0.05, 0) is 24.3 Å². The first-order chi connectivity index (χ1) is 11.6. The molecule has 0 aliphatic rings. The van der Waals surface area contributed by atoms with Crippen molar-refractivity contribution in [1.29, 1.82) is 0 Å². The Balaban J connectivity index is 2.10. The first kappa shape index (κ1) is 15.6. The molecule has 122 valence electrons. The monoisotopic (exact) mass is 325 g/mol. The van der Waals surface area contributed by atoms with Gasteiger partial charge in [-0.3, -0.25) is 4.98 Å². The van der Waals surface area contributed by atoms with Crippen molar-refractivity contribution in [2.24, 2.45) is 0 Å². The van der Waals surface area contributed by atoms with Crippen molar-refractivity contribution in [3.63, 3.8) is 0 Å². The number of nitrogens with zero attached hydrogens (tertiary/aromatic N) is 1. The SMILES string of the molecule is COC(=O)c1ccccc1Oc1ccnc2cc(O)c(OC)cc12. The van der Waals surface area contributed by atoms with E-state index in [2.05, 4.69) is 4.98 Å². The van der Waals surface area contributed by atoms with Gasteiger partial charge < -0.3 is 19.3 Å². The molecule has 1 N–H and O–H groups in total. The Morgan fingerprint density at radius 2 is 1.83 bits per heavy atom. The van der Waals surface area contributed by atoms with Crippen LogP contribution >= 0.6 is 0 Å². The van der Waals surface area contributed by atoms with E-state index in [1.54, 1.807) is 42.6 Å². The summed E-state index contributed by atoms with van der Waals surface area (Å²) in [5.74, 6) is 0.656. The summed E-state index contributed by atoms with van der Waals surface area (Å²) in [5.41, 5.74) is 0.858. The van der Waals surface area contributed by atoms with E-state index in [1.807, 2.05) is 0 Å². The lowest BCUT2D eigenvalue weighted by Gasteiger charge is -2.12. The third-order valence-electron chi connectivity index (χ3n) is 3.51. The number of aromatic nitrogens is 1. The van der Waals surface area contributed by atoms with E-state index < -0.39 is 5.97 Å². The summed E-state index contributed by atoms with van der Waals surface area (Å²) in [6.07, 6.45) is 1.56. The van der Waals surface area contributed by atoms with Crippen LogP contribution in [0.1, 0.15) is 10.4 Å². The van der Waals surface area contributed by atoms with Crippen LogP contribution in [0.4, 0.5) is 0 Å². The van der Waals surface area contributed by atoms with Gasteiger partial charge in [-0.1, -0.05) is 12.1 Å². The predicted octanol–water partition coefficient (Wildman–Crippen LogP) is 3.53. The normalized spacial score (nSPS) is 10.4. The maximum Gasteiger partial charge on any atom is 0.341 e. The zero-order valence-electron chi connectivity index (χ0n) is 13.1. The van der Waals surface area contributed by atoms with E-state index >= 15 is 0 Å². The molecular weight excluding hydrogens is 310 g/mol. The van der Waals surface area contributed by atoms with Crippen molar-refractivity contribution in [3.05, 3.63) is 54.2 Å². The van der Waals surface area contributed by atoms with Crippen LogP contribution in [0.3, 0.4) is 0 Å². The molecule has 6 heteroatoms. The summed E-state index contributed by atoms with van der Waals surface area (Å²) in [6.45, 7) is 0. The van der Waals surface area contributed by atoms with Crippen LogP contribution in [0.25, 0.3) is 10.9 Å². The highest BCUT2D eigenvalue weighted by atomic mass is 16.5. The molecule has 0 spiro atoms. The number of methoxy groups -OCH3 is 2. The molecule has 0 aliphatic heterocycles. The van der Waals surface area contributed by atoms with Gasteiger partial charge in [0.15, 0.2) is 11.5 Å². The van der Waals surface area contributed by atoms with Gasteiger partial charge >= 0.3 is 5.97 Å². The molecule has 0 bridgehead atoms. The number of hydrogen-bond donors (Lipinski definition) is 1. The third-order valence-corrected chi connectivity index (χ3v) is 3.51. The standard InChI is InChI=1S/C18H15NO5/c1-22-17-9-12-13(10-14(17)20)19-8-7-16(12)24-15-6-4-3-5-11(15)18(21)23-2/h3-10,20H,1-2H3. The average molecular weight is 325 g/mol. The molecule has 1 heterocycles. The summed E-state index contributed by atoms with van der Waals surface area (Å²) < 4.78 is 15.8. The number of aromatic hydroxyl groups is 1. The second-order valence-electron chi connectivity index (χ2n) is 4.94. The van der Waals surface area contributed by atoms with E-state index in [0.29, 0.717) is 33.7 Å². The predicted molar refractivity (Wildman–Crippen MR) is 87.8 cm³/mol. The van der Waals surface area contributed by atoms with Crippen molar-refractivity contribution in [1.82, 2.24) is 4.98 Å². The van der Waals surface area contributed by atoms with E-state index in [0.717, 1.165) is 0 Å². The van der Waals surface area contributed by atoms with Crippen molar-refractivity contribution >= 4 is 16.9 Å². The minimum atomic E-state index is -0.487. The summed E-state index contributed by atoms with van der Waals surface area (Å²) >= 11 is 0. The molecule has 0 saturated carbocycles. The zero-order valence-corrected chi connectivity index (χ0v) is 13.1. The Labute approximate surface area is 138 Å². The number of carbonyl (C=O) groups is 1. The second-order valence-corrected chi connectivity index (χ2v) is 4.94. The van der Waals surface area contributed by atoms with Crippen molar-refractivity contribution in [2.75, 3.05) is 14.2 Å². The molecule has 2 aromatic carbocycles. The number of carbonyl (C=O) groups excluding carboxylic acids is 1. The number of hydrogen-bond acceptors (Lipinski definition) is 6. The Morgan fingerprint density at radius 3 is 2.58 bits per heavy atom. The van der Waals surface area contributed by atoms with Gasteiger partial charge in [0.2, 0.25) is 0 Å². The van der Waals surface area contributed by atoms with E-state index in [9.17, 15) is 9.90 Å². The molecule has 0 aliphatic carbocycles. The van der Waals surface area contributed by atoms with Crippen LogP contribution in [0.5, 0.6) is 23.0 Å². The molecule has 1 aromatic heterocycles. The van der Waals surface area contributed by atoms with Gasteiger partial charge in [0.25, 0.3) is 0 Å². The molecule has 6 nitrogen and oxygen atoms in total. The Kier molecular flexibility index (Phi) is 4.20. The molecule has 0 fully saturated rings. The molecule has 0 saturated heterocycles. The number of phenolic OH excluding ortho intramolecular Hbond substituents is 1. The van der Waals surface area contributed by atoms with Crippen LogP contribution in [0, 0.1) is 0 Å². The third kappa shape index (κ3) is 2.81. The fourth-order valence-electron chi connectivity index (χ4n) is 2.34. The van der Waals surface area contributed by atoms with Crippen LogP contribution in [-0.2, 0) is 4.74 Å². The molecule has 0 amide bonds. The molecule has 0 radical (unpaired) electrons. The number of benzene rings is 2. The second kappa shape index (κ2) is 6.45. The Morgan fingerprint density at radius 1 is 1.04 bits per heavy atom. The van der Waals surface area contributed by atoms with Crippen molar-refractivity contribution < 1.29 is 24.1 Å². The summed E-state index contributed by atoms with van der Waals surface area (Å²) in [4.78, 5) is 16.1. The lowest BCUT2D eigenvalue weighted by Crippen LogP contribution is -2.03. The lowest BCUT2D eigenvalue weighted by molar-refractivity contribution is 0.0598. The number of pyridine rings is 1. The number of ether oxygens (including phenoxy) is 3. The average Bonchev–Trinajstić information content (AvgIpc) is 2.61. The van der Waals surface area contributed by atoms with E-state index in [1.165, 1.54) is 20.3 Å². The number of phenols is 1. The zero-order chi connectivity index (χ0) is 17.1. The maximum atomic E-state index is 11.9. The van der Waals surface area contributed by atoms with Gasteiger partial charge in [-0.25, -0.2) is 4.79 Å². The quantitative estimate of drug-likeness (QED) is 0.739. The summed E-state index contributed by atoms with van der Waals surface area (Å²) in [7, 11) is 2.78. The summed E-state index contributed by atoms with van der Waals surface area (Å²) in [6, 6.07) is 11.6. The first-order valence-corrected chi connectivity index (χ1v) is 7.15. The van der Waals surface area contributed by atoms with Gasteiger partial charge in [0.05, 0.1) is 19.7 Å². The fourth-order valence-corrected chi connectivity index (χ4v) is 2.34. The minimum Gasteiger partial charge on any atom is -0.504 e. The van der Waals surface area contributed by atoms with Crippen LogP contribution in [0.2, 0.25) is 0 Å². The van der Waals surface area contributed by atoms with Crippen molar-refractivity contribution in [2.45, 2.75) is 0 Å². The minimum absolute atomic E-state index is 0.00962. The Bertz CT molecular complexity index is 907. The molecule has 0 unspecified atom stereocenters. The summed E-state index contributed by atoms with van der Waals surface area (Å²) in [5, 5.41) is 10.5. The number of para-hydroxylation sites is 1. The van der Waals surface area contributed by atoms with Gasteiger partial charge in [0.1, 0.15) is 17.1 Å². The van der Waals surface area contributed by atoms with Gasteiger partial charge in [-0.15, -0.1) is 0 Å². The van der Waals surface area contributed by atoms with Crippen LogP contribution in [-0.4, -0.2) is 30.3 Å². The van der Waals surface area contributed by atoms with Crippen molar-refractivity contribution in [3.8, 4) is 23.0 Å². The van der Waals surface area contributed by atoms with Gasteiger partial charge in [-0.2, -0.15) is 0 Å². The van der Waals surface area contributed by atoms with Gasteiger partial charge in [0, 0.05) is 17.6 Å². The van der Waals surface area contributed by atoms with Crippen LogP contribution in [0.15, 0.2) is 48.7 Å². The topological polar surface area (TPSA) is 77.9 Å². The first-order valence-electron chi connectivity index (χ1n) is 7.15. The molecule has 24 heavy (non-hydrogen) atoms. The van der Waals surface area contributed by atoms with Crippen LogP contribution < -0.4 is 9.47 Å². The smallest absolute Gasteiger partial charge is 0.341 e. The molecular formula is C18H15NO5. The number of rotatable bonds is 4. The largest absolute Gasteiger partial charge is 0.504 e. The maximum absolute atomic E-state index is 11.9. The molecule has 3 rings (SSSR count). The number of esters is 1. The fraction of sp³-hybridized carbons (Fsp3) is 0.111. The highest BCUT2D eigenvalue weighted by Gasteiger charge is 2.15. The molecule has 3 aromatic rings. The highest BCUT2D eigenvalue weighted by molar-refractivity contribution is 5.93. The number of fused-ring (bicyclic) bond motifs is 1. The highest BCUT2D eigenvalue weighted by Crippen LogP contribution is 2.36.